The number of rotatable bonds is 8. The fourth-order valence-corrected chi connectivity index (χ4v) is 2.18. The Morgan fingerprint density at radius 1 is 1.04 bits per heavy atom. The zero-order valence-electron chi connectivity index (χ0n) is 16.4. The number of ether oxygens (including phenoxy) is 4. The zero-order valence-corrected chi connectivity index (χ0v) is 16.4. The van der Waals surface area contributed by atoms with Gasteiger partial charge in [-0.05, 0) is 27.2 Å². The van der Waals surface area contributed by atoms with Gasteiger partial charge in [0.1, 0.15) is 22.5 Å². The van der Waals surface area contributed by atoms with E-state index in [4.69, 9.17) is 9.47 Å². The lowest BCUT2D eigenvalue weighted by molar-refractivity contribution is -0.384. The van der Waals surface area contributed by atoms with Crippen LogP contribution >= 0.6 is 0 Å². The zero-order chi connectivity index (χ0) is 21.5. The van der Waals surface area contributed by atoms with Crippen molar-refractivity contribution in [1.82, 2.24) is 0 Å². The molecule has 0 N–H and O–H groups in total. The standard InChI is InChI=1S/C18H23NO9/c1-18(2,3)28-14(20)7-6-8-27-15-12(16(21)25-4)9-11(19(23)24)10-13(15)17(22)26-5/h9-10H,6-8H2,1-5H3. The molecule has 0 heterocycles. The minimum absolute atomic E-state index is 0.0470. The Morgan fingerprint density at radius 3 is 1.93 bits per heavy atom. The van der Waals surface area contributed by atoms with Gasteiger partial charge in [-0.25, -0.2) is 9.59 Å². The van der Waals surface area contributed by atoms with Gasteiger partial charge in [0, 0.05) is 18.6 Å². The van der Waals surface area contributed by atoms with Crippen molar-refractivity contribution in [1.29, 1.82) is 0 Å². The lowest BCUT2D eigenvalue weighted by Gasteiger charge is -2.19. The van der Waals surface area contributed by atoms with Crippen LogP contribution in [0, 0.1) is 10.1 Å². The Labute approximate surface area is 161 Å². The van der Waals surface area contributed by atoms with Crippen LogP contribution in [0.25, 0.3) is 0 Å². The number of methoxy groups -OCH3 is 2. The SMILES string of the molecule is COC(=O)c1cc([N+](=O)[O-])cc(C(=O)OC)c1OCCCC(=O)OC(C)(C)C. The largest absolute Gasteiger partial charge is 0.492 e. The monoisotopic (exact) mass is 397 g/mol. The molecule has 0 spiro atoms. The van der Waals surface area contributed by atoms with Crippen LogP contribution in [-0.2, 0) is 19.0 Å². The molecule has 0 bridgehead atoms. The molecule has 0 fully saturated rings. The number of nitro groups is 1. The Kier molecular flexibility index (Phi) is 7.90. The van der Waals surface area contributed by atoms with Gasteiger partial charge in [-0.2, -0.15) is 0 Å². The average Bonchev–Trinajstić information content (AvgIpc) is 2.61. The third-order valence-corrected chi connectivity index (χ3v) is 3.29. The molecule has 0 radical (unpaired) electrons. The van der Waals surface area contributed by atoms with E-state index in [1.807, 2.05) is 0 Å². The summed E-state index contributed by atoms with van der Waals surface area (Å²) in [6, 6.07) is 1.89. The molecular weight excluding hydrogens is 374 g/mol. The topological polar surface area (TPSA) is 131 Å². The van der Waals surface area contributed by atoms with Gasteiger partial charge < -0.3 is 18.9 Å². The molecule has 10 heteroatoms. The van der Waals surface area contributed by atoms with Crippen molar-refractivity contribution in [3.63, 3.8) is 0 Å². The third kappa shape index (κ3) is 6.53. The van der Waals surface area contributed by atoms with E-state index in [1.165, 1.54) is 0 Å². The van der Waals surface area contributed by atoms with E-state index in [2.05, 4.69) is 9.47 Å². The number of esters is 3. The quantitative estimate of drug-likeness (QED) is 0.213. The van der Waals surface area contributed by atoms with Crippen molar-refractivity contribution in [3.8, 4) is 5.75 Å². The van der Waals surface area contributed by atoms with Crippen LogP contribution in [0.2, 0.25) is 0 Å². The van der Waals surface area contributed by atoms with Crippen molar-refractivity contribution in [2.24, 2.45) is 0 Å². The second-order valence-electron chi connectivity index (χ2n) is 6.65. The number of hydrogen-bond donors (Lipinski definition) is 0. The normalized spacial score (nSPS) is 10.8. The first-order valence-electron chi connectivity index (χ1n) is 8.34. The number of benzene rings is 1. The first kappa shape index (κ1) is 22.9. The van der Waals surface area contributed by atoms with E-state index in [9.17, 15) is 24.5 Å². The van der Waals surface area contributed by atoms with E-state index in [0.717, 1.165) is 26.4 Å². The van der Waals surface area contributed by atoms with Crippen molar-refractivity contribution in [3.05, 3.63) is 33.4 Å². The Hall–Kier alpha value is -3.17. The number of carbonyl (C=O) groups is 3. The molecule has 0 aliphatic carbocycles. The van der Waals surface area contributed by atoms with Crippen molar-refractivity contribution >= 4 is 23.6 Å². The van der Waals surface area contributed by atoms with Crippen LogP contribution in [0.4, 0.5) is 5.69 Å². The molecule has 28 heavy (non-hydrogen) atoms. The molecule has 1 rings (SSSR count). The second-order valence-corrected chi connectivity index (χ2v) is 6.65. The highest BCUT2D eigenvalue weighted by Crippen LogP contribution is 2.31. The minimum Gasteiger partial charge on any atom is -0.492 e. The van der Waals surface area contributed by atoms with Gasteiger partial charge >= 0.3 is 17.9 Å². The summed E-state index contributed by atoms with van der Waals surface area (Å²) >= 11 is 0. The van der Waals surface area contributed by atoms with Gasteiger partial charge in [-0.15, -0.1) is 0 Å². The van der Waals surface area contributed by atoms with Crippen LogP contribution in [0.3, 0.4) is 0 Å². The number of carbonyl (C=O) groups excluding carboxylic acids is 3. The molecule has 0 aliphatic rings. The molecule has 0 aromatic heterocycles. The maximum Gasteiger partial charge on any atom is 0.341 e. The summed E-state index contributed by atoms with van der Waals surface area (Å²) in [7, 11) is 2.18. The number of non-ortho nitro benzene ring substituents is 1. The molecule has 10 nitrogen and oxygen atoms in total. The predicted molar refractivity (Wildman–Crippen MR) is 96.3 cm³/mol. The van der Waals surface area contributed by atoms with E-state index in [0.29, 0.717) is 0 Å². The van der Waals surface area contributed by atoms with Gasteiger partial charge in [0.2, 0.25) is 0 Å². The van der Waals surface area contributed by atoms with Crippen molar-refractivity contribution < 1.29 is 38.3 Å². The summed E-state index contributed by atoms with van der Waals surface area (Å²) in [4.78, 5) is 46.1. The highest BCUT2D eigenvalue weighted by Gasteiger charge is 2.27. The van der Waals surface area contributed by atoms with Crippen molar-refractivity contribution in [2.75, 3.05) is 20.8 Å². The Bertz CT molecular complexity index is 728. The lowest BCUT2D eigenvalue weighted by Crippen LogP contribution is -2.24. The molecule has 0 aliphatic heterocycles. The van der Waals surface area contributed by atoms with Gasteiger partial charge in [0.15, 0.2) is 0 Å². The maximum absolute atomic E-state index is 12.0. The highest BCUT2D eigenvalue weighted by atomic mass is 16.6. The molecular formula is C18H23NO9. The van der Waals surface area contributed by atoms with Crippen LogP contribution in [-0.4, -0.2) is 49.3 Å². The molecule has 154 valence electrons. The predicted octanol–water partition coefficient (Wildman–Crippen LogP) is 2.67. The second kappa shape index (κ2) is 9.67. The van der Waals surface area contributed by atoms with E-state index in [-0.39, 0.29) is 36.3 Å². The first-order chi connectivity index (χ1) is 13.0. The molecule has 1 aromatic rings. The fourth-order valence-electron chi connectivity index (χ4n) is 2.18. The molecule has 0 unspecified atom stereocenters. The number of nitro benzene ring substituents is 1. The van der Waals surface area contributed by atoms with Crippen LogP contribution in [0.1, 0.15) is 54.3 Å². The average molecular weight is 397 g/mol. The molecule has 0 atom stereocenters. The number of nitrogens with zero attached hydrogens (tertiary/aromatic N) is 1. The van der Waals surface area contributed by atoms with Gasteiger partial charge in [-0.3, -0.25) is 14.9 Å². The van der Waals surface area contributed by atoms with E-state index in [1.54, 1.807) is 20.8 Å². The van der Waals surface area contributed by atoms with Crippen LogP contribution < -0.4 is 4.74 Å². The smallest absolute Gasteiger partial charge is 0.341 e. The molecule has 0 saturated heterocycles. The van der Waals surface area contributed by atoms with Gasteiger partial charge in [-0.1, -0.05) is 0 Å². The highest BCUT2D eigenvalue weighted by molar-refractivity contribution is 6.01. The molecule has 1 aromatic carbocycles. The lowest BCUT2D eigenvalue weighted by atomic mass is 10.1. The summed E-state index contributed by atoms with van der Waals surface area (Å²) in [6.45, 7) is 5.17. The maximum atomic E-state index is 12.0. The first-order valence-corrected chi connectivity index (χ1v) is 8.34. The van der Waals surface area contributed by atoms with Crippen molar-refractivity contribution in [2.45, 2.75) is 39.2 Å². The summed E-state index contributed by atoms with van der Waals surface area (Å²) in [5, 5.41) is 11.1. The summed E-state index contributed by atoms with van der Waals surface area (Å²) in [5.74, 6) is -2.48. The third-order valence-electron chi connectivity index (χ3n) is 3.29. The fraction of sp³-hybridized carbons (Fsp3) is 0.500. The summed E-state index contributed by atoms with van der Waals surface area (Å²) < 4.78 is 19.9. The Morgan fingerprint density at radius 2 is 1.54 bits per heavy atom. The van der Waals surface area contributed by atoms with Gasteiger partial charge in [0.05, 0.1) is 25.7 Å². The summed E-state index contributed by atoms with van der Waals surface area (Å²) in [6.07, 6.45) is 0.276. The minimum atomic E-state index is -0.920. The number of hydrogen-bond acceptors (Lipinski definition) is 9. The Balaban J connectivity index is 3.07. The summed E-state index contributed by atoms with van der Waals surface area (Å²) in [5.41, 5.74) is -1.71. The van der Waals surface area contributed by atoms with Crippen LogP contribution in [0.15, 0.2) is 12.1 Å². The van der Waals surface area contributed by atoms with E-state index >= 15 is 0 Å². The van der Waals surface area contributed by atoms with Gasteiger partial charge in [0.25, 0.3) is 5.69 Å². The van der Waals surface area contributed by atoms with E-state index < -0.39 is 34.1 Å². The molecule has 0 saturated carbocycles. The van der Waals surface area contributed by atoms with Crippen LogP contribution in [0.5, 0.6) is 5.75 Å². The molecule has 0 amide bonds.